The van der Waals surface area contributed by atoms with Gasteiger partial charge in [-0.15, -0.1) is 0 Å². The summed E-state index contributed by atoms with van der Waals surface area (Å²) < 4.78 is 0. The molecule has 2 rings (SSSR count). The molecule has 0 atom stereocenters. The Morgan fingerprint density at radius 1 is 1.38 bits per heavy atom. The Labute approximate surface area is 77.8 Å². The molecule has 70 valence electrons. The summed E-state index contributed by atoms with van der Waals surface area (Å²) in [6.07, 6.45) is 5.62. The van der Waals surface area contributed by atoms with Crippen molar-refractivity contribution in [2.24, 2.45) is 5.73 Å². The van der Waals surface area contributed by atoms with Crippen LogP contribution in [0.1, 0.15) is 12.8 Å². The standard InChI is InChI=1S/C9H14N4/c1-13(8-5-7(10)6-8)9-11-3-2-4-12-9/h2-4,7-8H,5-6,10H2,1H3. The Hall–Kier alpha value is -1.16. The van der Waals surface area contributed by atoms with Gasteiger partial charge in [0.25, 0.3) is 0 Å². The molecule has 0 amide bonds. The van der Waals surface area contributed by atoms with Crippen molar-refractivity contribution in [1.82, 2.24) is 9.97 Å². The van der Waals surface area contributed by atoms with Gasteiger partial charge in [-0.25, -0.2) is 9.97 Å². The van der Waals surface area contributed by atoms with E-state index in [-0.39, 0.29) is 0 Å². The number of nitrogens with zero attached hydrogens (tertiary/aromatic N) is 3. The van der Waals surface area contributed by atoms with Crippen LogP contribution >= 0.6 is 0 Å². The predicted octanol–water partition coefficient (Wildman–Crippen LogP) is 0.402. The van der Waals surface area contributed by atoms with Crippen molar-refractivity contribution in [3.05, 3.63) is 18.5 Å². The quantitative estimate of drug-likeness (QED) is 0.712. The number of hydrogen-bond donors (Lipinski definition) is 1. The summed E-state index contributed by atoms with van der Waals surface area (Å²) in [5.41, 5.74) is 5.72. The van der Waals surface area contributed by atoms with E-state index in [9.17, 15) is 0 Å². The third-order valence-electron chi connectivity index (χ3n) is 2.56. The highest BCUT2D eigenvalue weighted by Gasteiger charge is 2.30. The maximum atomic E-state index is 5.72. The first-order valence-electron chi connectivity index (χ1n) is 4.53. The van der Waals surface area contributed by atoms with Crippen LogP contribution < -0.4 is 10.6 Å². The van der Waals surface area contributed by atoms with E-state index in [1.54, 1.807) is 12.4 Å². The molecular weight excluding hydrogens is 164 g/mol. The summed E-state index contributed by atoms with van der Waals surface area (Å²) in [5, 5.41) is 0. The van der Waals surface area contributed by atoms with Gasteiger partial charge in [0.15, 0.2) is 0 Å². The van der Waals surface area contributed by atoms with Crippen molar-refractivity contribution in [3.63, 3.8) is 0 Å². The summed E-state index contributed by atoms with van der Waals surface area (Å²) in [5.74, 6) is 0.791. The van der Waals surface area contributed by atoms with E-state index in [0.29, 0.717) is 12.1 Å². The van der Waals surface area contributed by atoms with Gasteiger partial charge in [0.2, 0.25) is 5.95 Å². The van der Waals surface area contributed by atoms with Crippen molar-refractivity contribution in [1.29, 1.82) is 0 Å². The minimum atomic E-state index is 0.371. The number of hydrogen-bond acceptors (Lipinski definition) is 4. The zero-order chi connectivity index (χ0) is 9.26. The van der Waals surface area contributed by atoms with Crippen LogP contribution in [0.4, 0.5) is 5.95 Å². The lowest BCUT2D eigenvalue weighted by atomic mass is 9.87. The zero-order valence-electron chi connectivity index (χ0n) is 7.72. The molecule has 2 N–H and O–H groups in total. The van der Waals surface area contributed by atoms with Gasteiger partial charge in [-0.3, -0.25) is 0 Å². The predicted molar refractivity (Wildman–Crippen MR) is 51.4 cm³/mol. The SMILES string of the molecule is CN(c1ncccn1)C1CC(N)C1. The molecule has 0 saturated heterocycles. The van der Waals surface area contributed by atoms with Crippen LogP contribution in [-0.2, 0) is 0 Å². The molecule has 1 fully saturated rings. The molecule has 1 aliphatic rings. The molecule has 1 heterocycles. The first-order valence-corrected chi connectivity index (χ1v) is 4.53. The van der Waals surface area contributed by atoms with E-state index in [4.69, 9.17) is 5.73 Å². The van der Waals surface area contributed by atoms with E-state index < -0.39 is 0 Å². The van der Waals surface area contributed by atoms with Crippen LogP contribution in [0.3, 0.4) is 0 Å². The normalized spacial score (nSPS) is 26.6. The average molecular weight is 178 g/mol. The van der Waals surface area contributed by atoms with E-state index >= 15 is 0 Å². The van der Waals surface area contributed by atoms with Gasteiger partial charge in [-0.05, 0) is 18.9 Å². The molecule has 4 heteroatoms. The highest BCUT2D eigenvalue weighted by atomic mass is 15.3. The maximum Gasteiger partial charge on any atom is 0.225 e. The van der Waals surface area contributed by atoms with Gasteiger partial charge in [0, 0.05) is 31.5 Å². The molecule has 1 aliphatic carbocycles. The van der Waals surface area contributed by atoms with Crippen molar-refractivity contribution < 1.29 is 0 Å². The Morgan fingerprint density at radius 3 is 2.54 bits per heavy atom. The molecule has 0 unspecified atom stereocenters. The summed E-state index contributed by atoms with van der Waals surface area (Å²) in [6.45, 7) is 0. The largest absolute Gasteiger partial charge is 0.341 e. The molecule has 13 heavy (non-hydrogen) atoms. The third-order valence-corrected chi connectivity index (χ3v) is 2.56. The smallest absolute Gasteiger partial charge is 0.225 e. The van der Waals surface area contributed by atoms with Gasteiger partial charge in [0.05, 0.1) is 0 Å². The first kappa shape index (κ1) is 8.44. The topological polar surface area (TPSA) is 55.0 Å². The fourth-order valence-corrected chi connectivity index (χ4v) is 1.58. The van der Waals surface area contributed by atoms with E-state index in [1.807, 2.05) is 13.1 Å². The van der Waals surface area contributed by atoms with Gasteiger partial charge in [-0.2, -0.15) is 0 Å². The Balaban J connectivity index is 2.02. The molecular formula is C9H14N4. The monoisotopic (exact) mass is 178 g/mol. The number of rotatable bonds is 2. The van der Waals surface area contributed by atoms with Crippen molar-refractivity contribution in [2.45, 2.75) is 24.9 Å². The number of anilines is 1. The second-order valence-corrected chi connectivity index (χ2v) is 3.55. The molecule has 0 radical (unpaired) electrons. The molecule has 0 bridgehead atoms. The molecule has 0 aliphatic heterocycles. The molecule has 1 saturated carbocycles. The van der Waals surface area contributed by atoms with E-state index in [2.05, 4.69) is 14.9 Å². The van der Waals surface area contributed by atoms with Crippen LogP contribution in [0.15, 0.2) is 18.5 Å². The molecule has 1 aromatic rings. The van der Waals surface area contributed by atoms with Crippen LogP contribution in [0.2, 0.25) is 0 Å². The van der Waals surface area contributed by atoms with Gasteiger partial charge >= 0.3 is 0 Å². The van der Waals surface area contributed by atoms with Gasteiger partial charge in [0.1, 0.15) is 0 Å². The number of aromatic nitrogens is 2. The maximum absolute atomic E-state index is 5.72. The fourth-order valence-electron chi connectivity index (χ4n) is 1.58. The first-order chi connectivity index (χ1) is 6.27. The summed E-state index contributed by atoms with van der Waals surface area (Å²) in [6, 6.07) is 2.72. The Bertz CT molecular complexity index is 268. The summed E-state index contributed by atoms with van der Waals surface area (Å²) in [7, 11) is 2.02. The molecule has 1 aromatic heterocycles. The lowest BCUT2D eigenvalue weighted by Crippen LogP contribution is -2.49. The van der Waals surface area contributed by atoms with Crippen LogP contribution in [0, 0.1) is 0 Å². The Morgan fingerprint density at radius 2 is 2.00 bits per heavy atom. The second kappa shape index (κ2) is 3.30. The second-order valence-electron chi connectivity index (χ2n) is 3.55. The summed E-state index contributed by atoms with van der Waals surface area (Å²) in [4.78, 5) is 10.5. The van der Waals surface area contributed by atoms with Gasteiger partial charge < -0.3 is 10.6 Å². The Kier molecular flexibility index (Phi) is 2.14. The van der Waals surface area contributed by atoms with Gasteiger partial charge in [-0.1, -0.05) is 0 Å². The minimum absolute atomic E-state index is 0.371. The average Bonchev–Trinajstić information content (AvgIpc) is 2.13. The van der Waals surface area contributed by atoms with E-state index in [0.717, 1.165) is 18.8 Å². The lowest BCUT2D eigenvalue weighted by Gasteiger charge is -2.39. The highest BCUT2D eigenvalue weighted by molar-refractivity contribution is 5.30. The summed E-state index contributed by atoms with van der Waals surface area (Å²) >= 11 is 0. The molecule has 0 aromatic carbocycles. The molecule has 4 nitrogen and oxygen atoms in total. The van der Waals surface area contributed by atoms with Crippen molar-refractivity contribution >= 4 is 5.95 Å². The van der Waals surface area contributed by atoms with Crippen LogP contribution in [0.5, 0.6) is 0 Å². The van der Waals surface area contributed by atoms with Crippen molar-refractivity contribution in [2.75, 3.05) is 11.9 Å². The zero-order valence-corrected chi connectivity index (χ0v) is 7.72. The van der Waals surface area contributed by atoms with Crippen molar-refractivity contribution in [3.8, 4) is 0 Å². The molecule has 0 spiro atoms. The number of nitrogens with two attached hydrogens (primary N) is 1. The lowest BCUT2D eigenvalue weighted by molar-refractivity contribution is 0.337. The van der Waals surface area contributed by atoms with E-state index in [1.165, 1.54) is 0 Å². The third kappa shape index (κ3) is 1.62. The van der Waals surface area contributed by atoms with Crippen LogP contribution in [0.25, 0.3) is 0 Å². The minimum Gasteiger partial charge on any atom is -0.341 e. The fraction of sp³-hybridized carbons (Fsp3) is 0.556. The highest BCUT2D eigenvalue weighted by Crippen LogP contribution is 2.24. The van der Waals surface area contributed by atoms with Crippen LogP contribution in [-0.4, -0.2) is 29.1 Å².